The molecule has 2 rings (SSSR count). The van der Waals surface area contributed by atoms with E-state index in [0.717, 1.165) is 36.4 Å². The second-order valence-electron chi connectivity index (χ2n) is 7.46. The second kappa shape index (κ2) is 9.02. The van der Waals surface area contributed by atoms with Crippen LogP contribution in [0.15, 0.2) is 58.3 Å². The summed E-state index contributed by atoms with van der Waals surface area (Å²) in [6.07, 6.45) is 0. The fourth-order valence-corrected chi connectivity index (χ4v) is 6.24. The predicted molar refractivity (Wildman–Crippen MR) is 116 cm³/mol. The Morgan fingerprint density at radius 3 is 1.56 bits per heavy atom. The quantitative estimate of drug-likeness (QED) is 0.191. The van der Waals surface area contributed by atoms with Gasteiger partial charge in [0.2, 0.25) is 0 Å². The zero-order valence-electron chi connectivity index (χ0n) is 17.7. The minimum absolute atomic E-state index is 0.161. The molecule has 0 bridgehead atoms. The maximum absolute atomic E-state index is 12.9. The Morgan fingerprint density at radius 1 is 0.812 bits per heavy atom. The van der Waals surface area contributed by atoms with Crippen LogP contribution >= 0.6 is 0 Å². The lowest BCUT2D eigenvalue weighted by molar-refractivity contribution is 0.00380. The summed E-state index contributed by atoms with van der Waals surface area (Å²) in [6, 6.07) is 8.92. The van der Waals surface area contributed by atoms with Crippen LogP contribution in [-0.2, 0) is 29.8 Å². The van der Waals surface area contributed by atoms with Gasteiger partial charge in [0.25, 0.3) is 19.7 Å². The minimum atomic E-state index is -4.79. The van der Waals surface area contributed by atoms with Crippen molar-refractivity contribution >= 4 is 34.2 Å². The Balaban J connectivity index is 2.40. The van der Waals surface area contributed by atoms with E-state index in [1.165, 1.54) is 19.1 Å². The summed E-state index contributed by atoms with van der Waals surface area (Å²) in [5.74, 6) is -0.100. The van der Waals surface area contributed by atoms with Crippen LogP contribution in [-0.4, -0.2) is 45.8 Å². The van der Waals surface area contributed by atoms with E-state index in [1.807, 2.05) is 0 Å². The summed E-state index contributed by atoms with van der Waals surface area (Å²) >= 11 is 0. The number of hydrogen-bond acceptors (Lipinski definition) is 8. The van der Waals surface area contributed by atoms with Gasteiger partial charge in [0.15, 0.2) is 0 Å². The summed E-state index contributed by atoms with van der Waals surface area (Å²) in [5, 5.41) is 0. The Bertz CT molecular complexity index is 1350. The van der Waals surface area contributed by atoms with Crippen LogP contribution in [0.4, 0.5) is 0 Å². The zero-order valence-corrected chi connectivity index (χ0v) is 20.2. The van der Waals surface area contributed by atoms with Crippen molar-refractivity contribution in [2.75, 3.05) is 5.75 Å². The lowest BCUT2D eigenvalue weighted by Gasteiger charge is -2.21. The molecule has 0 atom stereocenters. The molecule has 2 aromatic rings. The normalized spacial score (nSPS) is 12.6. The number of rotatable bonds is 6. The van der Waals surface area contributed by atoms with E-state index in [4.69, 9.17) is 8.92 Å². The van der Waals surface area contributed by atoms with Crippen LogP contribution in [0.3, 0.4) is 0 Å². The van der Waals surface area contributed by atoms with E-state index in [-0.39, 0.29) is 11.5 Å². The summed E-state index contributed by atoms with van der Waals surface area (Å²) in [6.45, 7) is 6.77. The highest BCUT2D eigenvalue weighted by Gasteiger charge is 2.44. The minimum Gasteiger partial charge on any atom is -0.488 e. The summed E-state index contributed by atoms with van der Waals surface area (Å²) in [7, 11) is -13.4. The van der Waals surface area contributed by atoms with Crippen LogP contribution < -0.4 is 8.92 Å². The molecule has 0 heterocycles. The van der Waals surface area contributed by atoms with Gasteiger partial charge in [-0.15, -0.1) is 4.79 Å². The number of nitrogens with zero attached hydrogens (tertiary/aromatic N) is 2. The molecule has 0 aliphatic rings. The van der Waals surface area contributed by atoms with Crippen molar-refractivity contribution in [1.82, 2.24) is 0 Å². The van der Waals surface area contributed by atoms with Crippen LogP contribution in [0.1, 0.15) is 27.7 Å². The molecule has 0 N–H and O–H groups in total. The van der Waals surface area contributed by atoms with Crippen molar-refractivity contribution in [2.45, 2.75) is 43.1 Å². The average molecular weight is 503 g/mol. The standard InChI is InChI=1S/C19H22N2O8S3/c1-5-30(22,23)29-15-8-12-17(13-9-15)32(26,27)18(21-20)31(24,25)16-10-6-14(7-11-16)28-19(2,3)4/h6-13H,5H2,1-4H3. The van der Waals surface area contributed by atoms with Gasteiger partial charge in [0, 0.05) is 0 Å². The van der Waals surface area contributed by atoms with Crippen LogP contribution in [0.25, 0.3) is 5.53 Å². The third-order valence-electron chi connectivity index (χ3n) is 3.81. The molecule has 0 saturated carbocycles. The highest BCUT2D eigenvalue weighted by atomic mass is 32.3. The van der Waals surface area contributed by atoms with Crippen molar-refractivity contribution in [1.29, 1.82) is 0 Å². The fraction of sp³-hybridized carbons (Fsp3) is 0.316. The molecule has 0 saturated heterocycles. The highest BCUT2D eigenvalue weighted by molar-refractivity contribution is 8.31. The average Bonchev–Trinajstić information content (AvgIpc) is 2.67. The molecule has 0 radical (unpaired) electrons. The van der Waals surface area contributed by atoms with Gasteiger partial charge in [-0.25, -0.2) is 16.8 Å². The maximum atomic E-state index is 12.9. The van der Waals surface area contributed by atoms with Gasteiger partial charge < -0.3 is 14.5 Å². The fourth-order valence-electron chi connectivity index (χ4n) is 2.37. The molecule has 13 heteroatoms. The summed E-state index contributed by atoms with van der Waals surface area (Å²) in [4.78, 5) is 1.58. The lowest BCUT2D eigenvalue weighted by atomic mass is 10.2. The maximum Gasteiger partial charge on any atom is 0.504 e. The third kappa shape index (κ3) is 5.94. The monoisotopic (exact) mass is 502 g/mol. The molecule has 0 fully saturated rings. The Labute approximate surface area is 187 Å². The van der Waals surface area contributed by atoms with Gasteiger partial charge in [0.05, 0.1) is 15.5 Å². The molecule has 32 heavy (non-hydrogen) atoms. The second-order valence-corrected chi connectivity index (χ2v) is 13.3. The zero-order chi connectivity index (χ0) is 24.4. The van der Waals surface area contributed by atoms with Crippen molar-refractivity contribution in [3.05, 3.63) is 54.1 Å². The summed E-state index contributed by atoms with van der Waals surface area (Å²) < 4.78 is 83.3. The van der Waals surface area contributed by atoms with Crippen molar-refractivity contribution in [3.63, 3.8) is 0 Å². The van der Waals surface area contributed by atoms with Crippen molar-refractivity contribution in [3.8, 4) is 11.5 Å². The van der Waals surface area contributed by atoms with Crippen LogP contribution in [0, 0.1) is 0 Å². The summed E-state index contributed by atoms with van der Waals surface area (Å²) in [5.41, 5.74) is 8.73. The first-order valence-electron chi connectivity index (χ1n) is 9.16. The van der Waals surface area contributed by atoms with Gasteiger partial charge >= 0.3 is 14.5 Å². The molecule has 0 aliphatic heterocycles. The van der Waals surface area contributed by atoms with Crippen molar-refractivity contribution < 1.29 is 39.0 Å². The number of ether oxygens (including phenoxy) is 1. The molecule has 0 aliphatic carbocycles. The Morgan fingerprint density at radius 2 is 1.22 bits per heavy atom. The SMILES string of the molecule is CCS(=O)(=O)Oc1ccc(S(=O)(=O)C(=[N+]=[N-])S(=O)(=O)c2ccc(OC(C)(C)C)cc2)cc1. The largest absolute Gasteiger partial charge is 0.504 e. The van der Waals surface area contributed by atoms with E-state index in [2.05, 4.69) is 4.79 Å². The topological polar surface area (TPSA) is 157 Å². The molecule has 0 amide bonds. The molecule has 174 valence electrons. The van der Waals surface area contributed by atoms with E-state index in [9.17, 15) is 30.8 Å². The Hall–Kier alpha value is -2.73. The molecule has 0 aromatic heterocycles. The first kappa shape index (κ1) is 25.5. The number of benzene rings is 2. The van der Waals surface area contributed by atoms with E-state index < -0.39 is 49.6 Å². The van der Waals surface area contributed by atoms with Gasteiger partial charge in [-0.2, -0.15) is 8.42 Å². The lowest BCUT2D eigenvalue weighted by Crippen LogP contribution is -2.26. The van der Waals surface area contributed by atoms with Gasteiger partial charge in [-0.05, 0) is 76.2 Å². The van der Waals surface area contributed by atoms with Gasteiger partial charge in [-0.3, -0.25) is 0 Å². The number of hydrogen-bond donors (Lipinski definition) is 0. The number of sulfone groups is 2. The first-order valence-corrected chi connectivity index (χ1v) is 13.7. The smallest absolute Gasteiger partial charge is 0.488 e. The van der Waals surface area contributed by atoms with Gasteiger partial charge in [0.1, 0.15) is 17.1 Å². The van der Waals surface area contributed by atoms with Crippen LogP contribution in [0.2, 0.25) is 0 Å². The van der Waals surface area contributed by atoms with Gasteiger partial charge in [-0.1, -0.05) is 0 Å². The molecule has 0 spiro atoms. The third-order valence-corrected chi connectivity index (χ3v) is 9.15. The molecular formula is C19H22N2O8S3. The van der Waals surface area contributed by atoms with Crippen LogP contribution in [0.5, 0.6) is 11.5 Å². The first-order chi connectivity index (χ1) is 14.6. The molecule has 0 unspecified atom stereocenters. The highest BCUT2D eigenvalue weighted by Crippen LogP contribution is 2.25. The van der Waals surface area contributed by atoms with E-state index in [0.29, 0.717) is 5.75 Å². The van der Waals surface area contributed by atoms with Crippen molar-refractivity contribution in [2.24, 2.45) is 0 Å². The molecule has 10 nitrogen and oxygen atoms in total. The predicted octanol–water partition coefficient (Wildman–Crippen LogP) is 2.43. The Kier molecular flexibility index (Phi) is 7.20. The van der Waals surface area contributed by atoms with E-state index >= 15 is 0 Å². The molecular weight excluding hydrogens is 480 g/mol. The molecule has 2 aromatic carbocycles. The van der Waals surface area contributed by atoms with E-state index in [1.54, 1.807) is 20.8 Å².